The quantitative estimate of drug-likeness (QED) is 0.517. The van der Waals surface area contributed by atoms with Gasteiger partial charge in [0.1, 0.15) is 11.3 Å². The smallest absolute Gasteiger partial charge is 0.228 e. The largest absolute Gasteiger partial charge is 0.436 e. The fourth-order valence-corrected chi connectivity index (χ4v) is 2.61. The normalized spacial score (nSPS) is 11.2. The van der Waals surface area contributed by atoms with E-state index in [4.69, 9.17) is 16.0 Å². The van der Waals surface area contributed by atoms with Gasteiger partial charge >= 0.3 is 0 Å². The molecule has 0 unspecified atom stereocenters. The summed E-state index contributed by atoms with van der Waals surface area (Å²) in [6.45, 7) is 0. The second-order valence-electron chi connectivity index (χ2n) is 4.89. The Morgan fingerprint density at radius 2 is 1.86 bits per heavy atom. The van der Waals surface area contributed by atoms with Gasteiger partial charge in [0.25, 0.3) is 0 Å². The van der Waals surface area contributed by atoms with Gasteiger partial charge in [-0.1, -0.05) is 11.6 Å². The van der Waals surface area contributed by atoms with Crippen LogP contribution in [0.4, 0.5) is 4.39 Å². The summed E-state index contributed by atoms with van der Waals surface area (Å²) < 4.78 is 20.8. The standard InChI is InChI=1S/C17H10ClFN2O/c18-14-9-11(19)3-5-13(14)17-20-15-10-12(4-6-16(15)22-17)21-7-1-2-8-21/h1-10H. The lowest BCUT2D eigenvalue weighted by molar-refractivity contribution is 0.616. The van der Waals surface area contributed by atoms with Crippen LogP contribution in [0.15, 0.2) is 65.3 Å². The zero-order valence-electron chi connectivity index (χ0n) is 11.3. The molecule has 0 fully saturated rings. The molecule has 0 N–H and O–H groups in total. The molecule has 0 aliphatic rings. The molecule has 108 valence electrons. The highest BCUT2D eigenvalue weighted by Gasteiger charge is 2.12. The Hall–Kier alpha value is -2.59. The highest BCUT2D eigenvalue weighted by molar-refractivity contribution is 6.33. The Bertz CT molecular complexity index is 960. The monoisotopic (exact) mass is 312 g/mol. The van der Waals surface area contributed by atoms with Crippen molar-refractivity contribution in [1.29, 1.82) is 0 Å². The van der Waals surface area contributed by atoms with E-state index in [0.29, 0.717) is 17.0 Å². The first-order valence-electron chi connectivity index (χ1n) is 6.70. The number of hydrogen-bond donors (Lipinski definition) is 0. The van der Waals surface area contributed by atoms with Gasteiger partial charge in [-0.05, 0) is 48.5 Å². The van der Waals surface area contributed by atoms with Gasteiger partial charge < -0.3 is 8.98 Å². The van der Waals surface area contributed by atoms with Gasteiger partial charge in [-0.3, -0.25) is 0 Å². The minimum Gasteiger partial charge on any atom is -0.436 e. The zero-order chi connectivity index (χ0) is 15.1. The van der Waals surface area contributed by atoms with Gasteiger partial charge in [-0.15, -0.1) is 0 Å². The third kappa shape index (κ3) is 2.18. The van der Waals surface area contributed by atoms with Crippen LogP contribution < -0.4 is 0 Å². The molecule has 0 amide bonds. The van der Waals surface area contributed by atoms with E-state index in [1.807, 2.05) is 47.3 Å². The minimum atomic E-state index is -0.389. The number of aromatic nitrogens is 2. The van der Waals surface area contributed by atoms with Crippen LogP contribution in [0.2, 0.25) is 5.02 Å². The molecule has 0 saturated carbocycles. The van der Waals surface area contributed by atoms with Crippen molar-refractivity contribution < 1.29 is 8.81 Å². The number of benzene rings is 2. The van der Waals surface area contributed by atoms with Crippen molar-refractivity contribution in [3.63, 3.8) is 0 Å². The maximum atomic E-state index is 13.1. The fraction of sp³-hybridized carbons (Fsp3) is 0. The Balaban J connectivity index is 1.84. The molecule has 22 heavy (non-hydrogen) atoms. The summed E-state index contributed by atoms with van der Waals surface area (Å²) in [6, 6.07) is 13.8. The lowest BCUT2D eigenvalue weighted by atomic mass is 10.2. The van der Waals surface area contributed by atoms with E-state index >= 15 is 0 Å². The van der Waals surface area contributed by atoms with E-state index in [1.54, 1.807) is 6.07 Å². The summed E-state index contributed by atoms with van der Waals surface area (Å²) in [4.78, 5) is 4.46. The van der Waals surface area contributed by atoms with Gasteiger partial charge in [0.05, 0.1) is 10.6 Å². The first-order chi connectivity index (χ1) is 10.7. The van der Waals surface area contributed by atoms with Gasteiger partial charge in [0.2, 0.25) is 5.89 Å². The molecule has 0 spiro atoms. The highest BCUT2D eigenvalue weighted by atomic mass is 35.5. The van der Waals surface area contributed by atoms with E-state index in [-0.39, 0.29) is 10.8 Å². The van der Waals surface area contributed by atoms with Crippen molar-refractivity contribution in [2.75, 3.05) is 0 Å². The van der Waals surface area contributed by atoms with Crippen molar-refractivity contribution in [2.24, 2.45) is 0 Å². The van der Waals surface area contributed by atoms with Gasteiger partial charge in [-0.2, -0.15) is 0 Å². The first kappa shape index (κ1) is 13.1. The molecule has 4 rings (SSSR count). The van der Waals surface area contributed by atoms with E-state index in [9.17, 15) is 4.39 Å². The van der Waals surface area contributed by atoms with Crippen LogP contribution in [0.1, 0.15) is 0 Å². The first-order valence-corrected chi connectivity index (χ1v) is 7.08. The molecule has 0 aliphatic heterocycles. The van der Waals surface area contributed by atoms with Crippen LogP contribution in [-0.2, 0) is 0 Å². The van der Waals surface area contributed by atoms with E-state index < -0.39 is 0 Å². The molecule has 2 aromatic heterocycles. The molecule has 4 aromatic rings. The summed E-state index contributed by atoms with van der Waals surface area (Å²) in [5.74, 6) is -0.00980. The number of fused-ring (bicyclic) bond motifs is 1. The lowest BCUT2D eigenvalue weighted by Gasteiger charge is -2.00. The summed E-state index contributed by atoms with van der Waals surface area (Å²) in [5.41, 5.74) is 2.94. The van der Waals surface area contributed by atoms with Crippen molar-refractivity contribution in [1.82, 2.24) is 9.55 Å². The topological polar surface area (TPSA) is 31.0 Å². The third-order valence-electron chi connectivity index (χ3n) is 3.44. The van der Waals surface area contributed by atoms with Crippen LogP contribution >= 0.6 is 11.6 Å². The maximum absolute atomic E-state index is 13.1. The molecule has 0 radical (unpaired) electrons. The van der Waals surface area contributed by atoms with E-state index in [0.717, 1.165) is 11.2 Å². The van der Waals surface area contributed by atoms with Crippen molar-refractivity contribution in [3.8, 4) is 17.1 Å². The average Bonchev–Trinajstić information content (AvgIpc) is 3.15. The number of rotatable bonds is 2. The lowest BCUT2D eigenvalue weighted by Crippen LogP contribution is -1.88. The second-order valence-corrected chi connectivity index (χ2v) is 5.29. The second kappa shape index (κ2) is 5.00. The summed E-state index contributed by atoms with van der Waals surface area (Å²) in [5, 5.41) is 0.275. The van der Waals surface area contributed by atoms with Gasteiger partial charge in [0.15, 0.2) is 5.58 Å². The number of hydrogen-bond acceptors (Lipinski definition) is 2. The van der Waals surface area contributed by atoms with E-state index in [1.165, 1.54) is 12.1 Å². The fourth-order valence-electron chi connectivity index (χ4n) is 2.36. The minimum absolute atomic E-state index is 0.275. The molecular formula is C17H10ClFN2O. The SMILES string of the molecule is Fc1ccc(-c2nc3cc(-n4cccc4)ccc3o2)c(Cl)c1. The number of nitrogens with zero attached hydrogens (tertiary/aromatic N) is 2. The molecular weight excluding hydrogens is 303 g/mol. The third-order valence-corrected chi connectivity index (χ3v) is 3.75. The van der Waals surface area contributed by atoms with Crippen LogP contribution in [0, 0.1) is 5.82 Å². The average molecular weight is 313 g/mol. The molecule has 2 heterocycles. The predicted molar refractivity (Wildman–Crippen MR) is 83.7 cm³/mol. The Labute approximate surface area is 130 Å². The van der Waals surface area contributed by atoms with Crippen LogP contribution in [0.3, 0.4) is 0 Å². The summed E-state index contributed by atoms with van der Waals surface area (Å²) in [7, 11) is 0. The number of oxazole rings is 1. The molecule has 2 aromatic carbocycles. The van der Waals surface area contributed by atoms with Crippen molar-refractivity contribution in [2.45, 2.75) is 0 Å². The van der Waals surface area contributed by atoms with Gasteiger partial charge in [0, 0.05) is 18.1 Å². The highest BCUT2D eigenvalue weighted by Crippen LogP contribution is 2.31. The van der Waals surface area contributed by atoms with Crippen LogP contribution in [0.25, 0.3) is 28.2 Å². The molecule has 3 nitrogen and oxygen atoms in total. The maximum Gasteiger partial charge on any atom is 0.228 e. The molecule has 5 heteroatoms. The van der Waals surface area contributed by atoms with E-state index in [2.05, 4.69) is 4.98 Å². The van der Waals surface area contributed by atoms with Gasteiger partial charge in [-0.25, -0.2) is 9.37 Å². The molecule has 0 saturated heterocycles. The summed E-state index contributed by atoms with van der Waals surface area (Å²) in [6.07, 6.45) is 3.91. The Morgan fingerprint density at radius 1 is 1.05 bits per heavy atom. The summed E-state index contributed by atoms with van der Waals surface area (Å²) >= 11 is 6.06. The van der Waals surface area contributed by atoms with Crippen LogP contribution in [0.5, 0.6) is 0 Å². The molecule has 0 aliphatic carbocycles. The predicted octanol–water partition coefficient (Wildman–Crippen LogP) is 5.08. The van der Waals surface area contributed by atoms with Crippen LogP contribution in [-0.4, -0.2) is 9.55 Å². The van der Waals surface area contributed by atoms with Crippen molar-refractivity contribution in [3.05, 3.63) is 71.8 Å². The number of halogens is 2. The Kier molecular flexibility index (Phi) is 2.98. The van der Waals surface area contributed by atoms with Crippen molar-refractivity contribution >= 4 is 22.7 Å². The zero-order valence-corrected chi connectivity index (χ0v) is 12.1. The Morgan fingerprint density at radius 3 is 2.64 bits per heavy atom. The molecule has 0 atom stereocenters. The molecule has 0 bridgehead atoms.